The van der Waals surface area contributed by atoms with E-state index in [1.807, 2.05) is 13.8 Å². The molecule has 2 atom stereocenters. The number of hydrogen-bond acceptors (Lipinski definition) is 6. The van der Waals surface area contributed by atoms with Crippen molar-refractivity contribution in [1.29, 1.82) is 0 Å². The molecule has 0 aliphatic carbocycles. The predicted octanol–water partition coefficient (Wildman–Crippen LogP) is 0.928. The summed E-state index contributed by atoms with van der Waals surface area (Å²) >= 11 is 0. The van der Waals surface area contributed by atoms with Crippen LogP contribution in [0.1, 0.15) is 40.0 Å². The van der Waals surface area contributed by atoms with Gasteiger partial charge < -0.3 is 14.2 Å². The van der Waals surface area contributed by atoms with E-state index in [0.717, 1.165) is 6.42 Å². The number of hydrogen-bond donors (Lipinski definition) is 0. The molecule has 2 fully saturated rings. The monoisotopic (exact) mass is 349 g/mol. The molecule has 2 rings (SSSR count). The number of carbonyl (C=O) groups is 1. The number of esters is 1. The maximum Gasteiger partial charge on any atom is 0.335 e. The van der Waals surface area contributed by atoms with Gasteiger partial charge in [0.1, 0.15) is 0 Å². The molecular formula is C15H27NO6S. The number of sulfonamides is 1. The molecule has 0 saturated carbocycles. The average Bonchev–Trinajstić information content (AvgIpc) is 2.46. The van der Waals surface area contributed by atoms with E-state index in [0.29, 0.717) is 39.2 Å². The maximum absolute atomic E-state index is 12.7. The Morgan fingerprint density at radius 2 is 2.09 bits per heavy atom. The van der Waals surface area contributed by atoms with Crippen molar-refractivity contribution in [3.8, 4) is 0 Å². The molecule has 0 amide bonds. The lowest BCUT2D eigenvalue weighted by atomic mass is 10.1. The highest BCUT2D eigenvalue weighted by Crippen LogP contribution is 2.27. The van der Waals surface area contributed by atoms with Crippen molar-refractivity contribution >= 4 is 16.0 Å². The maximum atomic E-state index is 12.7. The average molecular weight is 349 g/mol. The van der Waals surface area contributed by atoms with Crippen LogP contribution in [0.2, 0.25) is 0 Å². The summed E-state index contributed by atoms with van der Waals surface area (Å²) in [5.74, 6) is -0.506. The lowest BCUT2D eigenvalue weighted by Gasteiger charge is -2.41. The molecule has 23 heavy (non-hydrogen) atoms. The third kappa shape index (κ3) is 4.65. The standard InChI is InChI=1S/C15H27NO6S/c1-4-21-14(17)13-7-5-6-12(22-13)10-23(18,19)16-8-9-20-11-15(16,2)3/h12-13H,4-11H2,1-3H3/t12-,13-/m0/s1. The smallest absolute Gasteiger partial charge is 0.335 e. The van der Waals surface area contributed by atoms with Crippen molar-refractivity contribution in [2.45, 2.75) is 57.8 Å². The number of carbonyl (C=O) groups excluding carboxylic acids is 1. The molecule has 0 unspecified atom stereocenters. The van der Waals surface area contributed by atoms with E-state index in [1.165, 1.54) is 4.31 Å². The Labute approximate surface area is 138 Å². The SMILES string of the molecule is CCOC(=O)[C@@H]1CCC[C@@H](CS(=O)(=O)N2CCOCC2(C)C)O1. The Morgan fingerprint density at radius 3 is 2.74 bits per heavy atom. The van der Waals surface area contributed by atoms with Gasteiger partial charge in [-0.25, -0.2) is 13.2 Å². The van der Waals surface area contributed by atoms with E-state index in [9.17, 15) is 13.2 Å². The summed E-state index contributed by atoms with van der Waals surface area (Å²) in [6, 6.07) is 0. The first-order chi connectivity index (χ1) is 10.8. The zero-order chi connectivity index (χ0) is 17.1. The van der Waals surface area contributed by atoms with Gasteiger partial charge in [-0.1, -0.05) is 0 Å². The van der Waals surface area contributed by atoms with Gasteiger partial charge in [-0.05, 0) is 40.0 Å². The molecule has 8 heteroatoms. The first kappa shape index (κ1) is 18.6. The van der Waals surface area contributed by atoms with E-state index in [1.54, 1.807) is 6.92 Å². The summed E-state index contributed by atoms with van der Waals surface area (Å²) in [6.07, 6.45) is 0.859. The normalized spacial score (nSPS) is 29.2. The highest BCUT2D eigenvalue weighted by atomic mass is 32.2. The zero-order valence-electron chi connectivity index (χ0n) is 14.1. The van der Waals surface area contributed by atoms with Crippen LogP contribution in [0.15, 0.2) is 0 Å². The molecule has 7 nitrogen and oxygen atoms in total. The molecule has 134 valence electrons. The van der Waals surface area contributed by atoms with Crippen LogP contribution in [-0.4, -0.2) is 68.6 Å². The largest absolute Gasteiger partial charge is 0.464 e. The minimum atomic E-state index is -3.48. The van der Waals surface area contributed by atoms with Crippen LogP contribution in [0.3, 0.4) is 0 Å². The Balaban J connectivity index is 2.01. The fourth-order valence-electron chi connectivity index (χ4n) is 3.12. The molecule has 2 aliphatic rings. The number of morpholine rings is 1. The van der Waals surface area contributed by atoms with Gasteiger partial charge in [-0.15, -0.1) is 0 Å². The van der Waals surface area contributed by atoms with Gasteiger partial charge in [-0.3, -0.25) is 0 Å². The second-order valence-electron chi connectivity index (χ2n) is 6.65. The third-order valence-corrected chi connectivity index (χ3v) is 6.34. The van der Waals surface area contributed by atoms with Crippen LogP contribution in [0.25, 0.3) is 0 Å². The number of nitrogens with zero attached hydrogens (tertiary/aromatic N) is 1. The molecular weight excluding hydrogens is 322 g/mol. The van der Waals surface area contributed by atoms with Crippen LogP contribution >= 0.6 is 0 Å². The molecule has 0 N–H and O–H groups in total. The van der Waals surface area contributed by atoms with Crippen LogP contribution in [0.5, 0.6) is 0 Å². The van der Waals surface area contributed by atoms with Crippen LogP contribution in [0.4, 0.5) is 0 Å². The van der Waals surface area contributed by atoms with E-state index in [2.05, 4.69) is 0 Å². The van der Waals surface area contributed by atoms with E-state index >= 15 is 0 Å². The highest BCUT2D eigenvalue weighted by Gasteiger charge is 2.41. The molecule has 0 bridgehead atoms. The van der Waals surface area contributed by atoms with Crippen molar-refractivity contribution in [3.63, 3.8) is 0 Å². The number of rotatable bonds is 5. The van der Waals surface area contributed by atoms with Crippen LogP contribution < -0.4 is 0 Å². The Kier molecular flexibility index (Phi) is 6.05. The fraction of sp³-hybridized carbons (Fsp3) is 0.933. The lowest BCUT2D eigenvalue weighted by molar-refractivity contribution is -0.164. The van der Waals surface area contributed by atoms with Crippen molar-refractivity contribution in [3.05, 3.63) is 0 Å². The Bertz CT molecular complexity index is 518. The van der Waals surface area contributed by atoms with Gasteiger partial charge in [0.15, 0.2) is 6.10 Å². The summed E-state index contributed by atoms with van der Waals surface area (Å²) in [7, 11) is -3.48. The summed E-state index contributed by atoms with van der Waals surface area (Å²) < 4.78 is 43.0. The van der Waals surface area contributed by atoms with Gasteiger partial charge in [0.05, 0.1) is 37.2 Å². The first-order valence-electron chi connectivity index (χ1n) is 8.16. The molecule has 2 saturated heterocycles. The second-order valence-corrected chi connectivity index (χ2v) is 8.58. The van der Waals surface area contributed by atoms with E-state index in [4.69, 9.17) is 14.2 Å². The minimum absolute atomic E-state index is 0.105. The zero-order valence-corrected chi connectivity index (χ0v) is 14.9. The van der Waals surface area contributed by atoms with Gasteiger partial charge in [0.25, 0.3) is 0 Å². The molecule has 0 radical (unpaired) electrons. The van der Waals surface area contributed by atoms with Crippen LogP contribution in [-0.2, 0) is 29.0 Å². The first-order valence-corrected chi connectivity index (χ1v) is 9.77. The Morgan fingerprint density at radius 1 is 1.35 bits per heavy atom. The van der Waals surface area contributed by atoms with Gasteiger partial charge >= 0.3 is 5.97 Å². The van der Waals surface area contributed by atoms with E-state index < -0.39 is 33.7 Å². The minimum Gasteiger partial charge on any atom is -0.464 e. The van der Waals surface area contributed by atoms with Crippen molar-refractivity contribution in [1.82, 2.24) is 4.31 Å². The van der Waals surface area contributed by atoms with Crippen molar-refractivity contribution in [2.24, 2.45) is 0 Å². The predicted molar refractivity (Wildman–Crippen MR) is 84.5 cm³/mol. The molecule has 2 aliphatic heterocycles. The number of ether oxygens (including phenoxy) is 3. The summed E-state index contributed by atoms with van der Waals surface area (Å²) in [5, 5.41) is 0. The molecule has 0 aromatic rings. The quantitative estimate of drug-likeness (QED) is 0.687. The molecule has 0 aromatic carbocycles. The third-order valence-electron chi connectivity index (χ3n) is 4.20. The van der Waals surface area contributed by atoms with Gasteiger partial charge in [0.2, 0.25) is 10.0 Å². The van der Waals surface area contributed by atoms with Gasteiger partial charge in [-0.2, -0.15) is 4.31 Å². The molecule has 0 spiro atoms. The van der Waals surface area contributed by atoms with Gasteiger partial charge in [0, 0.05) is 6.54 Å². The van der Waals surface area contributed by atoms with Crippen molar-refractivity contribution in [2.75, 3.05) is 32.1 Å². The highest BCUT2D eigenvalue weighted by molar-refractivity contribution is 7.89. The topological polar surface area (TPSA) is 82.1 Å². The summed E-state index contributed by atoms with van der Waals surface area (Å²) in [4.78, 5) is 11.8. The second kappa shape index (κ2) is 7.46. The van der Waals surface area contributed by atoms with E-state index in [-0.39, 0.29) is 5.75 Å². The summed E-state index contributed by atoms with van der Waals surface area (Å²) in [6.45, 7) is 6.87. The Hall–Kier alpha value is -0.700. The lowest BCUT2D eigenvalue weighted by Crippen LogP contribution is -2.57. The molecule has 0 aromatic heterocycles. The van der Waals surface area contributed by atoms with Crippen LogP contribution in [0, 0.1) is 0 Å². The summed E-state index contributed by atoms with van der Waals surface area (Å²) in [5.41, 5.74) is -0.563. The van der Waals surface area contributed by atoms with Crippen molar-refractivity contribution < 1.29 is 27.4 Å². The molecule has 2 heterocycles. The fourth-order valence-corrected chi connectivity index (χ4v) is 5.17.